The van der Waals surface area contributed by atoms with Gasteiger partial charge in [-0.2, -0.15) is 0 Å². The third-order valence-corrected chi connectivity index (χ3v) is 2.60. The van der Waals surface area contributed by atoms with Crippen LogP contribution in [0.3, 0.4) is 0 Å². The van der Waals surface area contributed by atoms with Crippen LogP contribution in [-0.4, -0.2) is 11.2 Å². The number of allylic oxidation sites excluding steroid dienone is 1. The summed E-state index contributed by atoms with van der Waals surface area (Å²) in [6.07, 6.45) is 2.73. The van der Waals surface area contributed by atoms with Crippen LogP contribution in [0.25, 0.3) is 0 Å². The number of aliphatic hydroxyl groups is 1. The molecule has 0 aromatic rings. The van der Waals surface area contributed by atoms with Crippen molar-refractivity contribution in [3.8, 4) is 0 Å². The fourth-order valence-electron chi connectivity index (χ4n) is 0.955. The van der Waals surface area contributed by atoms with Crippen LogP contribution in [0.15, 0.2) is 11.6 Å². The van der Waals surface area contributed by atoms with Gasteiger partial charge >= 0.3 is 0 Å². The topological polar surface area (TPSA) is 20.2 Å². The van der Waals surface area contributed by atoms with Crippen molar-refractivity contribution in [3.05, 3.63) is 11.6 Å². The van der Waals surface area contributed by atoms with Crippen molar-refractivity contribution in [2.75, 3.05) is 0 Å². The second-order valence-corrected chi connectivity index (χ2v) is 3.96. The molecule has 1 nitrogen and oxygen atoms in total. The summed E-state index contributed by atoms with van der Waals surface area (Å²) in [5.41, 5.74) is 1.27. The van der Waals surface area contributed by atoms with E-state index in [1.807, 2.05) is 6.08 Å². The molecular weight excluding hydrogens is 148 g/mol. The van der Waals surface area contributed by atoms with Crippen LogP contribution >= 0.6 is 0 Å². The molecule has 0 fully saturated rings. The van der Waals surface area contributed by atoms with E-state index in [1.165, 1.54) is 5.57 Å². The van der Waals surface area contributed by atoms with Gasteiger partial charge in [0.05, 0.1) is 6.10 Å². The van der Waals surface area contributed by atoms with Gasteiger partial charge in [0.2, 0.25) is 0 Å². The predicted octanol–water partition coefficient (Wildman–Crippen LogP) is 3.00. The predicted molar refractivity (Wildman–Crippen MR) is 54.1 cm³/mol. The summed E-state index contributed by atoms with van der Waals surface area (Å²) in [6, 6.07) is 0. The molecule has 0 amide bonds. The fraction of sp³-hybridized carbons (Fsp3) is 0.818. The molecule has 0 radical (unpaired) electrons. The Bertz CT molecular complexity index is 147. The van der Waals surface area contributed by atoms with Crippen LogP contribution < -0.4 is 0 Å². The highest BCUT2D eigenvalue weighted by molar-refractivity contribution is 5.02. The molecule has 0 aliphatic rings. The zero-order chi connectivity index (χ0) is 9.72. The van der Waals surface area contributed by atoms with Crippen molar-refractivity contribution in [2.24, 2.45) is 11.8 Å². The Morgan fingerprint density at radius 1 is 1.33 bits per heavy atom. The lowest BCUT2D eigenvalue weighted by atomic mass is 9.91. The van der Waals surface area contributed by atoms with Gasteiger partial charge in [0, 0.05) is 0 Å². The summed E-state index contributed by atoms with van der Waals surface area (Å²) in [7, 11) is 0. The Morgan fingerprint density at radius 3 is 2.17 bits per heavy atom. The Labute approximate surface area is 76.5 Å². The zero-order valence-corrected chi connectivity index (χ0v) is 8.96. The summed E-state index contributed by atoms with van der Waals surface area (Å²) in [5.74, 6) is 0.896. The van der Waals surface area contributed by atoms with Crippen molar-refractivity contribution in [3.63, 3.8) is 0 Å². The number of hydrogen-bond donors (Lipinski definition) is 1. The maximum Gasteiger partial charge on any atom is 0.0751 e. The molecule has 0 spiro atoms. The first kappa shape index (κ1) is 11.7. The van der Waals surface area contributed by atoms with E-state index in [0.717, 1.165) is 6.42 Å². The van der Waals surface area contributed by atoms with E-state index in [2.05, 4.69) is 34.6 Å². The molecule has 0 aromatic carbocycles. The molecule has 1 N–H and O–H groups in total. The summed E-state index contributed by atoms with van der Waals surface area (Å²) in [6.45, 7) is 10.6. The van der Waals surface area contributed by atoms with Crippen LogP contribution in [0.4, 0.5) is 0 Å². The second kappa shape index (κ2) is 5.36. The fourth-order valence-corrected chi connectivity index (χ4v) is 0.955. The molecule has 2 unspecified atom stereocenters. The normalized spacial score (nSPS) is 18.1. The van der Waals surface area contributed by atoms with Gasteiger partial charge in [0.25, 0.3) is 0 Å². The molecule has 0 saturated heterocycles. The zero-order valence-electron chi connectivity index (χ0n) is 8.96. The number of rotatable bonds is 4. The van der Waals surface area contributed by atoms with Crippen LogP contribution in [0.1, 0.15) is 41.0 Å². The van der Waals surface area contributed by atoms with E-state index in [-0.39, 0.29) is 6.10 Å². The maximum absolute atomic E-state index is 9.71. The lowest BCUT2D eigenvalue weighted by molar-refractivity contribution is 0.133. The Balaban J connectivity index is 4.11. The van der Waals surface area contributed by atoms with Crippen LogP contribution in [0.2, 0.25) is 0 Å². The average molecular weight is 170 g/mol. The molecule has 12 heavy (non-hydrogen) atoms. The third-order valence-electron chi connectivity index (χ3n) is 2.60. The van der Waals surface area contributed by atoms with Crippen LogP contribution in [-0.2, 0) is 0 Å². The van der Waals surface area contributed by atoms with Crippen LogP contribution in [0.5, 0.6) is 0 Å². The molecule has 1 heteroatoms. The molecule has 0 aromatic heterocycles. The smallest absolute Gasteiger partial charge is 0.0751 e. The van der Waals surface area contributed by atoms with Gasteiger partial charge in [-0.3, -0.25) is 0 Å². The Morgan fingerprint density at radius 2 is 1.83 bits per heavy atom. The molecule has 0 aliphatic carbocycles. The van der Waals surface area contributed by atoms with Crippen molar-refractivity contribution >= 4 is 0 Å². The minimum absolute atomic E-state index is 0.273. The van der Waals surface area contributed by atoms with Crippen molar-refractivity contribution in [1.82, 2.24) is 0 Å². The van der Waals surface area contributed by atoms with E-state index >= 15 is 0 Å². The van der Waals surface area contributed by atoms with E-state index < -0.39 is 0 Å². The first-order valence-electron chi connectivity index (χ1n) is 4.84. The summed E-state index contributed by atoms with van der Waals surface area (Å²) < 4.78 is 0. The summed E-state index contributed by atoms with van der Waals surface area (Å²) in [5, 5.41) is 9.71. The number of aliphatic hydroxyl groups excluding tert-OH is 1. The highest BCUT2D eigenvalue weighted by atomic mass is 16.3. The molecular formula is C11H22O. The SMILES string of the molecule is CC/C(C)=C/C(O)C(C)C(C)C. The minimum atomic E-state index is -0.273. The van der Waals surface area contributed by atoms with Gasteiger partial charge in [0.1, 0.15) is 0 Å². The summed E-state index contributed by atoms with van der Waals surface area (Å²) >= 11 is 0. The minimum Gasteiger partial charge on any atom is -0.389 e. The van der Waals surface area contributed by atoms with Crippen molar-refractivity contribution in [2.45, 2.75) is 47.1 Å². The third kappa shape index (κ3) is 3.91. The lowest BCUT2D eigenvalue weighted by Gasteiger charge is -2.19. The van der Waals surface area contributed by atoms with Gasteiger partial charge in [-0.15, -0.1) is 0 Å². The monoisotopic (exact) mass is 170 g/mol. The highest BCUT2D eigenvalue weighted by Gasteiger charge is 2.14. The van der Waals surface area contributed by atoms with Crippen LogP contribution in [0, 0.1) is 11.8 Å². The first-order chi connectivity index (χ1) is 5.49. The molecule has 0 bridgehead atoms. The van der Waals surface area contributed by atoms with E-state index in [4.69, 9.17) is 0 Å². The molecule has 2 atom stereocenters. The van der Waals surface area contributed by atoms with Gasteiger partial charge in [-0.05, 0) is 25.2 Å². The first-order valence-corrected chi connectivity index (χ1v) is 4.84. The van der Waals surface area contributed by atoms with Crippen molar-refractivity contribution in [1.29, 1.82) is 0 Å². The van der Waals surface area contributed by atoms with E-state index in [1.54, 1.807) is 0 Å². The van der Waals surface area contributed by atoms with E-state index in [0.29, 0.717) is 11.8 Å². The van der Waals surface area contributed by atoms with E-state index in [9.17, 15) is 5.11 Å². The highest BCUT2D eigenvalue weighted by Crippen LogP contribution is 2.16. The Kier molecular flexibility index (Phi) is 5.23. The van der Waals surface area contributed by atoms with Gasteiger partial charge < -0.3 is 5.11 Å². The standard InChI is InChI=1S/C11H22O/c1-6-9(4)7-11(12)10(5)8(2)3/h7-8,10-12H,6H2,1-5H3/b9-7+. The molecule has 0 aliphatic heterocycles. The largest absolute Gasteiger partial charge is 0.389 e. The van der Waals surface area contributed by atoms with Gasteiger partial charge in [0.15, 0.2) is 0 Å². The second-order valence-electron chi connectivity index (χ2n) is 3.96. The molecule has 72 valence electrons. The quantitative estimate of drug-likeness (QED) is 0.643. The lowest BCUT2D eigenvalue weighted by Crippen LogP contribution is -2.20. The van der Waals surface area contributed by atoms with Crippen molar-refractivity contribution < 1.29 is 5.11 Å². The van der Waals surface area contributed by atoms with Gasteiger partial charge in [-0.25, -0.2) is 0 Å². The van der Waals surface area contributed by atoms with Gasteiger partial charge in [-0.1, -0.05) is 39.3 Å². The Hall–Kier alpha value is -0.300. The maximum atomic E-state index is 9.71. The molecule has 0 rings (SSSR count). The number of hydrogen-bond acceptors (Lipinski definition) is 1. The molecule has 0 heterocycles. The average Bonchev–Trinajstić information content (AvgIpc) is 2.02. The summed E-state index contributed by atoms with van der Waals surface area (Å²) in [4.78, 5) is 0. The molecule has 0 saturated carbocycles.